The molecule has 4 heteroatoms. The summed E-state index contributed by atoms with van der Waals surface area (Å²) < 4.78 is 0. The van der Waals surface area contributed by atoms with Gasteiger partial charge in [0, 0.05) is 26.3 Å². The van der Waals surface area contributed by atoms with Crippen molar-refractivity contribution in [2.75, 3.05) is 0 Å². The molecule has 0 amide bonds. The summed E-state index contributed by atoms with van der Waals surface area (Å²) in [5.41, 5.74) is 1.67. The fourth-order valence-electron chi connectivity index (χ4n) is 1.49. The summed E-state index contributed by atoms with van der Waals surface area (Å²) in [5, 5.41) is 1.38. The van der Waals surface area contributed by atoms with Crippen molar-refractivity contribution in [3.05, 3.63) is 63.6 Å². The third kappa shape index (κ3) is 3.52. The molecular formula is C14H10Cl2OS. The van der Waals surface area contributed by atoms with Crippen molar-refractivity contribution in [2.45, 2.75) is 10.6 Å². The van der Waals surface area contributed by atoms with Crippen LogP contribution in [0.1, 0.15) is 15.9 Å². The number of rotatable bonds is 4. The molecule has 0 radical (unpaired) electrons. The third-order valence-electron chi connectivity index (χ3n) is 2.40. The first-order valence-corrected chi connectivity index (χ1v) is 7.05. The highest BCUT2D eigenvalue weighted by Crippen LogP contribution is 2.28. The second kappa shape index (κ2) is 6.28. The molecule has 0 N–H and O–H groups in total. The normalized spacial score (nSPS) is 10.3. The average Bonchev–Trinajstić information content (AvgIpc) is 2.40. The van der Waals surface area contributed by atoms with Crippen molar-refractivity contribution < 1.29 is 4.79 Å². The van der Waals surface area contributed by atoms with Crippen LogP contribution < -0.4 is 0 Å². The lowest BCUT2D eigenvalue weighted by atomic mass is 10.2. The van der Waals surface area contributed by atoms with Gasteiger partial charge in [-0.15, -0.1) is 11.8 Å². The van der Waals surface area contributed by atoms with E-state index >= 15 is 0 Å². The lowest BCUT2D eigenvalue weighted by Crippen LogP contribution is -1.84. The number of aldehydes is 1. The molecular weight excluding hydrogens is 287 g/mol. The fraction of sp³-hybridized carbons (Fsp3) is 0.0714. The Balaban J connectivity index is 2.11. The standard InChI is InChI=1S/C14H10Cl2OS/c15-12-4-5-14(16)11(7-12)9-18-13-3-1-2-10(6-13)8-17/h1-8H,9H2. The quantitative estimate of drug-likeness (QED) is 0.577. The van der Waals surface area contributed by atoms with Gasteiger partial charge < -0.3 is 0 Å². The van der Waals surface area contributed by atoms with Crippen molar-refractivity contribution in [3.63, 3.8) is 0 Å². The van der Waals surface area contributed by atoms with Crippen molar-refractivity contribution in [1.82, 2.24) is 0 Å². The van der Waals surface area contributed by atoms with Gasteiger partial charge in [-0.1, -0.05) is 35.3 Å². The molecule has 0 heterocycles. The van der Waals surface area contributed by atoms with E-state index in [2.05, 4.69) is 0 Å². The van der Waals surface area contributed by atoms with Crippen LogP contribution in [0.2, 0.25) is 10.0 Å². The summed E-state index contributed by atoms with van der Waals surface area (Å²) in [5.74, 6) is 0.724. The van der Waals surface area contributed by atoms with E-state index in [0.717, 1.165) is 22.5 Å². The van der Waals surface area contributed by atoms with Gasteiger partial charge in [-0.2, -0.15) is 0 Å². The Bertz CT molecular complexity index is 569. The summed E-state index contributed by atoms with van der Waals surface area (Å²) in [7, 11) is 0. The van der Waals surface area contributed by atoms with E-state index < -0.39 is 0 Å². The summed E-state index contributed by atoms with van der Waals surface area (Å²) in [4.78, 5) is 11.7. The average molecular weight is 297 g/mol. The Labute approximate surface area is 120 Å². The van der Waals surface area contributed by atoms with Crippen molar-refractivity contribution in [1.29, 1.82) is 0 Å². The molecule has 1 nitrogen and oxygen atoms in total. The molecule has 0 aromatic heterocycles. The van der Waals surface area contributed by atoms with E-state index in [1.54, 1.807) is 30.0 Å². The van der Waals surface area contributed by atoms with Crippen molar-refractivity contribution in [2.24, 2.45) is 0 Å². The van der Waals surface area contributed by atoms with Crippen LogP contribution >= 0.6 is 35.0 Å². The second-order valence-corrected chi connectivity index (χ2v) is 5.61. The Morgan fingerprint density at radius 1 is 1.11 bits per heavy atom. The molecule has 0 fully saturated rings. The highest BCUT2D eigenvalue weighted by atomic mass is 35.5. The van der Waals surface area contributed by atoms with E-state index in [1.165, 1.54) is 0 Å². The molecule has 0 atom stereocenters. The van der Waals surface area contributed by atoms with Crippen LogP contribution in [-0.4, -0.2) is 6.29 Å². The molecule has 0 aliphatic rings. The molecule has 0 aliphatic heterocycles. The van der Waals surface area contributed by atoms with Gasteiger partial charge in [0.25, 0.3) is 0 Å². The Morgan fingerprint density at radius 3 is 2.72 bits per heavy atom. The van der Waals surface area contributed by atoms with Gasteiger partial charge in [-0.05, 0) is 35.9 Å². The molecule has 0 saturated heterocycles. The molecule has 0 saturated carbocycles. The summed E-state index contributed by atoms with van der Waals surface area (Å²) >= 11 is 13.6. The molecule has 2 rings (SSSR count). The predicted molar refractivity (Wildman–Crippen MR) is 77.9 cm³/mol. The molecule has 2 aromatic carbocycles. The first-order valence-electron chi connectivity index (χ1n) is 5.31. The zero-order valence-electron chi connectivity index (χ0n) is 9.40. The molecule has 0 spiro atoms. The Hall–Kier alpha value is -0.960. The number of hydrogen-bond donors (Lipinski definition) is 0. The number of carbonyl (C=O) groups excluding carboxylic acids is 1. The predicted octanol–water partition coefficient (Wildman–Crippen LogP) is 5.10. The Kier molecular flexibility index (Phi) is 4.70. The van der Waals surface area contributed by atoms with E-state index in [9.17, 15) is 4.79 Å². The number of hydrogen-bond acceptors (Lipinski definition) is 2. The zero-order chi connectivity index (χ0) is 13.0. The van der Waals surface area contributed by atoms with Gasteiger partial charge in [0.05, 0.1) is 0 Å². The van der Waals surface area contributed by atoms with Gasteiger partial charge >= 0.3 is 0 Å². The van der Waals surface area contributed by atoms with Gasteiger partial charge in [0.2, 0.25) is 0 Å². The number of benzene rings is 2. The molecule has 18 heavy (non-hydrogen) atoms. The van der Waals surface area contributed by atoms with Gasteiger partial charge in [-0.3, -0.25) is 4.79 Å². The van der Waals surface area contributed by atoms with E-state index in [-0.39, 0.29) is 0 Å². The monoisotopic (exact) mass is 296 g/mol. The van der Waals surface area contributed by atoms with Crippen LogP contribution in [0.4, 0.5) is 0 Å². The smallest absolute Gasteiger partial charge is 0.150 e. The SMILES string of the molecule is O=Cc1cccc(SCc2cc(Cl)ccc2Cl)c1. The van der Waals surface area contributed by atoms with Gasteiger partial charge in [0.15, 0.2) is 0 Å². The minimum atomic E-state index is 0.677. The van der Waals surface area contributed by atoms with Gasteiger partial charge in [-0.25, -0.2) is 0 Å². The van der Waals surface area contributed by atoms with Crippen LogP contribution in [0.15, 0.2) is 47.4 Å². The topological polar surface area (TPSA) is 17.1 Å². The summed E-state index contributed by atoms with van der Waals surface area (Å²) in [6.45, 7) is 0. The lowest BCUT2D eigenvalue weighted by molar-refractivity contribution is 0.112. The number of thioether (sulfide) groups is 1. The van der Waals surface area contributed by atoms with Crippen molar-refractivity contribution in [3.8, 4) is 0 Å². The highest BCUT2D eigenvalue weighted by molar-refractivity contribution is 7.98. The third-order valence-corrected chi connectivity index (χ3v) is 4.04. The molecule has 0 bridgehead atoms. The molecule has 0 unspecified atom stereocenters. The van der Waals surface area contributed by atoms with Crippen LogP contribution in [0, 0.1) is 0 Å². The largest absolute Gasteiger partial charge is 0.298 e. The minimum absolute atomic E-state index is 0.677. The zero-order valence-corrected chi connectivity index (χ0v) is 11.7. The van der Waals surface area contributed by atoms with Crippen LogP contribution in [-0.2, 0) is 5.75 Å². The fourth-order valence-corrected chi connectivity index (χ4v) is 2.91. The van der Waals surface area contributed by atoms with Crippen LogP contribution in [0.5, 0.6) is 0 Å². The van der Waals surface area contributed by atoms with Crippen molar-refractivity contribution >= 4 is 41.2 Å². The summed E-state index contributed by atoms with van der Waals surface area (Å²) in [6, 6.07) is 12.9. The Morgan fingerprint density at radius 2 is 1.94 bits per heavy atom. The second-order valence-electron chi connectivity index (χ2n) is 3.71. The number of carbonyl (C=O) groups is 1. The van der Waals surface area contributed by atoms with Crippen LogP contribution in [0.25, 0.3) is 0 Å². The maximum Gasteiger partial charge on any atom is 0.150 e. The summed E-state index contributed by atoms with van der Waals surface area (Å²) in [6.07, 6.45) is 0.844. The maximum atomic E-state index is 10.7. The first-order chi connectivity index (χ1) is 8.69. The molecule has 2 aromatic rings. The van der Waals surface area contributed by atoms with E-state index in [0.29, 0.717) is 15.6 Å². The van der Waals surface area contributed by atoms with E-state index in [4.69, 9.17) is 23.2 Å². The van der Waals surface area contributed by atoms with Crippen LogP contribution in [0.3, 0.4) is 0 Å². The lowest BCUT2D eigenvalue weighted by Gasteiger charge is -2.05. The maximum absolute atomic E-state index is 10.7. The first kappa shape index (κ1) is 13.5. The van der Waals surface area contributed by atoms with Gasteiger partial charge in [0.1, 0.15) is 6.29 Å². The number of halogens is 2. The van der Waals surface area contributed by atoms with E-state index in [1.807, 2.05) is 24.3 Å². The molecule has 92 valence electrons. The highest BCUT2D eigenvalue weighted by Gasteiger charge is 2.03. The molecule has 0 aliphatic carbocycles. The minimum Gasteiger partial charge on any atom is -0.298 e.